The van der Waals surface area contributed by atoms with Gasteiger partial charge in [-0.1, -0.05) is 18.2 Å². The molecule has 0 aliphatic carbocycles. The molecule has 3 rings (SSSR count). The molecule has 2 aromatic rings. The van der Waals surface area contributed by atoms with Crippen molar-refractivity contribution < 1.29 is 0 Å². The molecule has 80 valence electrons. The minimum absolute atomic E-state index is 0.610. The summed E-state index contributed by atoms with van der Waals surface area (Å²) in [7, 11) is 0. The largest absolute Gasteiger partial charge is 0.307 e. The second-order valence-corrected chi connectivity index (χ2v) is 4.55. The van der Waals surface area contributed by atoms with E-state index in [0.717, 1.165) is 17.0 Å². The van der Waals surface area contributed by atoms with Crippen molar-refractivity contribution in [2.24, 2.45) is 5.84 Å². The number of rotatable bonds is 1. The number of nitrogens with two attached hydrogens (primary N) is 1. The van der Waals surface area contributed by atoms with Crippen molar-refractivity contribution in [3.8, 4) is 11.3 Å². The van der Waals surface area contributed by atoms with Gasteiger partial charge in [-0.2, -0.15) is 0 Å². The molecular weight excluding hydrogens is 220 g/mol. The molecule has 1 aromatic heterocycles. The van der Waals surface area contributed by atoms with Gasteiger partial charge in [-0.05, 0) is 17.7 Å². The van der Waals surface area contributed by atoms with Gasteiger partial charge in [0, 0.05) is 16.2 Å². The van der Waals surface area contributed by atoms with Crippen molar-refractivity contribution in [1.82, 2.24) is 10.2 Å². The number of nitrogen functional groups attached to an aromatic ring is 1. The maximum absolute atomic E-state index is 5.32. The molecule has 0 bridgehead atoms. The Morgan fingerprint density at radius 2 is 2.12 bits per heavy atom. The quantitative estimate of drug-likeness (QED) is 0.579. The highest BCUT2D eigenvalue weighted by Crippen LogP contribution is 2.40. The fourth-order valence-electron chi connectivity index (χ4n) is 1.78. The van der Waals surface area contributed by atoms with Crippen LogP contribution in [-0.2, 0) is 5.75 Å². The zero-order valence-corrected chi connectivity index (χ0v) is 9.29. The second kappa shape index (κ2) is 3.77. The summed E-state index contributed by atoms with van der Waals surface area (Å²) in [6.45, 7) is 0. The monoisotopic (exact) mass is 230 g/mol. The van der Waals surface area contributed by atoms with Crippen LogP contribution in [0, 0.1) is 0 Å². The van der Waals surface area contributed by atoms with E-state index in [2.05, 4.69) is 27.8 Å². The lowest BCUT2D eigenvalue weighted by atomic mass is 10.1. The average Bonchev–Trinajstić information content (AvgIpc) is 2.38. The normalized spacial score (nSPS) is 12.8. The topological polar surface area (TPSA) is 63.8 Å². The van der Waals surface area contributed by atoms with Crippen LogP contribution in [0.5, 0.6) is 0 Å². The molecule has 5 heteroatoms. The molecule has 0 radical (unpaired) electrons. The first kappa shape index (κ1) is 9.62. The average molecular weight is 230 g/mol. The summed E-state index contributed by atoms with van der Waals surface area (Å²) >= 11 is 1.81. The van der Waals surface area contributed by atoms with Crippen LogP contribution in [0.2, 0.25) is 0 Å². The molecule has 0 unspecified atom stereocenters. The molecule has 1 aromatic carbocycles. The standard InChI is InChI=1S/C11H10N4S/c12-13-10-5-7-6-16-9-4-2-1-3-8(9)11(7)15-14-10/h1-5H,6,12H2,(H,13,14). The third kappa shape index (κ3) is 1.45. The van der Waals surface area contributed by atoms with E-state index in [1.54, 1.807) is 0 Å². The number of hydrazine groups is 1. The third-order valence-corrected chi connectivity index (χ3v) is 3.67. The molecule has 4 nitrogen and oxygen atoms in total. The number of benzene rings is 1. The van der Waals surface area contributed by atoms with Crippen LogP contribution in [0.4, 0.5) is 5.82 Å². The van der Waals surface area contributed by atoms with Crippen molar-refractivity contribution in [2.75, 3.05) is 5.43 Å². The fraction of sp³-hybridized carbons (Fsp3) is 0.0909. The Kier molecular flexibility index (Phi) is 2.27. The van der Waals surface area contributed by atoms with Crippen LogP contribution in [0.25, 0.3) is 11.3 Å². The van der Waals surface area contributed by atoms with E-state index >= 15 is 0 Å². The Morgan fingerprint density at radius 3 is 3.00 bits per heavy atom. The lowest BCUT2D eigenvalue weighted by Crippen LogP contribution is -2.11. The molecule has 1 aliphatic heterocycles. The number of hydrogen-bond donors (Lipinski definition) is 2. The molecule has 0 atom stereocenters. The summed E-state index contributed by atoms with van der Waals surface area (Å²) in [5.41, 5.74) is 5.81. The first-order valence-corrected chi connectivity index (χ1v) is 5.92. The predicted molar refractivity (Wildman–Crippen MR) is 64.8 cm³/mol. The fourth-order valence-corrected chi connectivity index (χ4v) is 2.81. The highest BCUT2D eigenvalue weighted by molar-refractivity contribution is 7.98. The lowest BCUT2D eigenvalue weighted by molar-refractivity contribution is 1.00. The van der Waals surface area contributed by atoms with E-state index in [1.807, 2.05) is 30.0 Å². The second-order valence-electron chi connectivity index (χ2n) is 3.53. The number of aromatic nitrogens is 2. The van der Waals surface area contributed by atoms with E-state index < -0.39 is 0 Å². The van der Waals surface area contributed by atoms with Gasteiger partial charge in [0.05, 0.1) is 5.69 Å². The van der Waals surface area contributed by atoms with Crippen molar-refractivity contribution in [3.63, 3.8) is 0 Å². The van der Waals surface area contributed by atoms with Gasteiger partial charge in [-0.25, -0.2) is 5.84 Å². The molecule has 0 amide bonds. The summed E-state index contributed by atoms with van der Waals surface area (Å²) in [6, 6.07) is 10.2. The molecular formula is C11H10N4S. The molecule has 0 saturated heterocycles. The Labute approximate surface area is 97.2 Å². The molecule has 0 spiro atoms. The van der Waals surface area contributed by atoms with E-state index in [-0.39, 0.29) is 0 Å². The lowest BCUT2D eigenvalue weighted by Gasteiger charge is -2.17. The van der Waals surface area contributed by atoms with Crippen molar-refractivity contribution in [3.05, 3.63) is 35.9 Å². The highest BCUT2D eigenvalue weighted by atomic mass is 32.2. The Bertz CT molecular complexity index is 541. The molecule has 0 fully saturated rings. The third-order valence-electron chi connectivity index (χ3n) is 2.55. The Balaban J connectivity index is 2.18. The maximum atomic E-state index is 5.32. The van der Waals surface area contributed by atoms with E-state index in [4.69, 9.17) is 5.84 Å². The molecule has 1 aliphatic rings. The van der Waals surface area contributed by atoms with E-state index in [9.17, 15) is 0 Å². The van der Waals surface area contributed by atoms with Crippen molar-refractivity contribution in [1.29, 1.82) is 0 Å². The number of hydrogen-bond acceptors (Lipinski definition) is 5. The zero-order valence-electron chi connectivity index (χ0n) is 8.47. The van der Waals surface area contributed by atoms with Crippen LogP contribution in [0.15, 0.2) is 35.2 Å². The van der Waals surface area contributed by atoms with Crippen LogP contribution in [0.1, 0.15) is 5.56 Å². The van der Waals surface area contributed by atoms with Gasteiger partial charge >= 0.3 is 0 Å². The number of nitrogens with one attached hydrogen (secondary N) is 1. The summed E-state index contributed by atoms with van der Waals surface area (Å²) in [4.78, 5) is 1.26. The van der Waals surface area contributed by atoms with Gasteiger partial charge in [0.2, 0.25) is 0 Å². The SMILES string of the molecule is NNc1cc2c(nn1)-c1ccccc1SC2. The summed E-state index contributed by atoms with van der Waals surface area (Å²) in [5.74, 6) is 6.84. The van der Waals surface area contributed by atoms with Crippen LogP contribution in [-0.4, -0.2) is 10.2 Å². The minimum Gasteiger partial charge on any atom is -0.307 e. The van der Waals surface area contributed by atoms with Crippen LogP contribution in [0.3, 0.4) is 0 Å². The van der Waals surface area contributed by atoms with Gasteiger partial charge in [0.15, 0.2) is 5.82 Å². The van der Waals surface area contributed by atoms with Gasteiger partial charge < -0.3 is 5.43 Å². The highest BCUT2D eigenvalue weighted by Gasteiger charge is 2.18. The molecule has 16 heavy (non-hydrogen) atoms. The Morgan fingerprint density at radius 1 is 1.25 bits per heavy atom. The molecule has 3 N–H and O–H groups in total. The smallest absolute Gasteiger partial charge is 0.162 e. The summed E-state index contributed by atoms with van der Waals surface area (Å²) < 4.78 is 0. The first-order chi connectivity index (χ1) is 7.88. The molecule has 0 saturated carbocycles. The van der Waals surface area contributed by atoms with E-state index in [1.165, 1.54) is 10.5 Å². The minimum atomic E-state index is 0.610. The van der Waals surface area contributed by atoms with Gasteiger partial charge in [0.25, 0.3) is 0 Å². The van der Waals surface area contributed by atoms with Gasteiger partial charge in [0.1, 0.15) is 0 Å². The van der Waals surface area contributed by atoms with Gasteiger partial charge in [-0.3, -0.25) is 0 Å². The summed E-state index contributed by atoms with van der Waals surface area (Å²) in [5, 5.41) is 8.24. The summed E-state index contributed by atoms with van der Waals surface area (Å²) in [6.07, 6.45) is 0. The number of anilines is 1. The van der Waals surface area contributed by atoms with Crippen LogP contribution >= 0.6 is 11.8 Å². The first-order valence-electron chi connectivity index (χ1n) is 4.94. The number of thioether (sulfide) groups is 1. The van der Waals surface area contributed by atoms with Gasteiger partial charge in [-0.15, -0.1) is 22.0 Å². The van der Waals surface area contributed by atoms with Crippen molar-refractivity contribution in [2.45, 2.75) is 10.6 Å². The predicted octanol–water partition coefficient (Wildman–Crippen LogP) is 2.03. The zero-order chi connectivity index (χ0) is 11.0. The Hall–Kier alpha value is -1.59. The number of fused-ring (bicyclic) bond motifs is 3. The molecule has 2 heterocycles. The van der Waals surface area contributed by atoms with Crippen LogP contribution < -0.4 is 11.3 Å². The van der Waals surface area contributed by atoms with Crippen molar-refractivity contribution >= 4 is 17.6 Å². The van der Waals surface area contributed by atoms with E-state index in [0.29, 0.717) is 5.82 Å². The number of nitrogens with zero attached hydrogens (tertiary/aromatic N) is 2. The maximum Gasteiger partial charge on any atom is 0.162 e.